The molecule has 1 unspecified atom stereocenters. The number of carbonyl (C=O) groups is 7. The van der Waals surface area contributed by atoms with Crippen molar-refractivity contribution < 1.29 is 47.1 Å². The number of fused-ring (bicyclic) bond motifs is 2. The summed E-state index contributed by atoms with van der Waals surface area (Å²) in [6, 6.07) is 6.61. The van der Waals surface area contributed by atoms with Crippen LogP contribution in [0.4, 0.5) is 37.6 Å². The van der Waals surface area contributed by atoms with E-state index in [1.165, 1.54) is 37.4 Å². The van der Waals surface area contributed by atoms with E-state index in [-0.39, 0.29) is 75.7 Å². The lowest BCUT2D eigenvalue weighted by Gasteiger charge is -2.37. The maximum Gasteiger partial charge on any atom is 0.342 e. The Labute approximate surface area is 395 Å². The summed E-state index contributed by atoms with van der Waals surface area (Å²) in [6.45, 7) is 3.02. The van der Waals surface area contributed by atoms with E-state index in [1.54, 1.807) is 23.1 Å². The number of ether oxygens (including phenoxy) is 1. The smallest absolute Gasteiger partial charge is 0.342 e. The minimum absolute atomic E-state index is 0.00904. The van der Waals surface area contributed by atoms with Crippen LogP contribution in [0.15, 0.2) is 36.5 Å². The average Bonchev–Trinajstić information content (AvgIpc) is 3.94. The van der Waals surface area contributed by atoms with Gasteiger partial charge in [0.25, 0.3) is 23.6 Å². The second-order valence-electron chi connectivity index (χ2n) is 18.0. The van der Waals surface area contributed by atoms with Crippen molar-refractivity contribution in [3.63, 3.8) is 0 Å². The molecule has 0 bridgehead atoms. The molecule has 19 nitrogen and oxygen atoms in total. The first-order chi connectivity index (χ1) is 32.6. The van der Waals surface area contributed by atoms with Crippen LogP contribution in [0.25, 0.3) is 0 Å². The molecule has 4 fully saturated rings. The van der Waals surface area contributed by atoms with Crippen LogP contribution in [0, 0.1) is 0 Å². The third kappa shape index (κ3) is 9.00. The van der Waals surface area contributed by atoms with Crippen molar-refractivity contribution in [1.82, 2.24) is 35.3 Å². The number of carbonyl (C=O) groups excluding carboxylic acids is 7. The molecule has 68 heavy (non-hydrogen) atoms. The van der Waals surface area contributed by atoms with Crippen LogP contribution in [-0.4, -0.2) is 157 Å². The summed E-state index contributed by atoms with van der Waals surface area (Å²) in [7, 11) is 2.71. The van der Waals surface area contributed by atoms with Gasteiger partial charge in [0.05, 0.1) is 52.9 Å². The van der Waals surface area contributed by atoms with Gasteiger partial charge < -0.3 is 35.0 Å². The number of amides is 7. The number of imide groups is 2. The van der Waals surface area contributed by atoms with E-state index >= 15 is 8.78 Å². The Morgan fingerprint density at radius 2 is 1.68 bits per heavy atom. The van der Waals surface area contributed by atoms with Crippen molar-refractivity contribution in [2.24, 2.45) is 0 Å². The minimum Gasteiger partial charge on any atom is -0.495 e. The van der Waals surface area contributed by atoms with Gasteiger partial charge in [-0.25, -0.2) is 4.98 Å². The molecule has 1 aromatic heterocycles. The first-order valence-corrected chi connectivity index (χ1v) is 23.3. The van der Waals surface area contributed by atoms with Gasteiger partial charge in [-0.2, -0.15) is 13.8 Å². The number of halogens is 3. The zero-order chi connectivity index (χ0) is 48.0. The predicted octanol–water partition coefficient (Wildman–Crippen LogP) is 3.58. The summed E-state index contributed by atoms with van der Waals surface area (Å²) in [6.07, 6.45) is 6.00. The lowest BCUT2D eigenvalue weighted by atomic mass is 10.0. The number of nitrogens with one attached hydrogen (secondary N) is 3. The lowest BCUT2D eigenvalue weighted by Crippen LogP contribution is -2.54. The van der Waals surface area contributed by atoms with Gasteiger partial charge in [0.2, 0.25) is 23.7 Å². The van der Waals surface area contributed by atoms with Crippen LogP contribution in [0.2, 0.25) is 5.02 Å². The maximum atomic E-state index is 15.1. The van der Waals surface area contributed by atoms with E-state index in [0.717, 1.165) is 22.6 Å². The number of benzene rings is 2. The molecule has 1 aliphatic carbocycles. The predicted molar refractivity (Wildman–Crippen MR) is 245 cm³/mol. The molecule has 1 saturated carbocycles. The molecule has 5 aliphatic heterocycles. The van der Waals surface area contributed by atoms with Crippen LogP contribution in [0.3, 0.4) is 0 Å². The van der Waals surface area contributed by atoms with Crippen molar-refractivity contribution in [3.05, 3.63) is 58.2 Å². The number of rotatable bonds is 11. The fraction of sp³-hybridized carbons (Fsp3) is 0.500. The van der Waals surface area contributed by atoms with Gasteiger partial charge >= 0.3 is 5.92 Å². The van der Waals surface area contributed by atoms with Gasteiger partial charge in [0.1, 0.15) is 17.5 Å². The number of alkyl halides is 2. The average molecular weight is 960 g/mol. The van der Waals surface area contributed by atoms with Gasteiger partial charge in [0, 0.05) is 77.8 Å². The van der Waals surface area contributed by atoms with Gasteiger partial charge in [-0.05, 0) is 56.4 Å². The summed E-state index contributed by atoms with van der Waals surface area (Å²) < 4.78 is 35.8. The summed E-state index contributed by atoms with van der Waals surface area (Å²) in [5, 5.41) is 8.43. The molecule has 9 rings (SSSR count). The normalized spacial score (nSPS) is 21.5. The van der Waals surface area contributed by atoms with Crippen molar-refractivity contribution in [2.75, 3.05) is 86.5 Å². The fourth-order valence-corrected chi connectivity index (χ4v) is 10.4. The highest BCUT2D eigenvalue weighted by Crippen LogP contribution is 2.41. The number of piperidine rings is 2. The molecule has 22 heteroatoms. The lowest BCUT2D eigenvalue weighted by molar-refractivity contribution is -0.140. The first-order valence-electron chi connectivity index (χ1n) is 23.0. The molecule has 3 saturated heterocycles. The Morgan fingerprint density at radius 3 is 2.38 bits per heavy atom. The SMILES string of the molecule is COc1cc(C(=O)NC2CCN(C(=O)CCN3CCN(c4cccc5c4C(=O)N(C4CCC(=O)NC4=O)C5=O)CC3)CC2)c(Cl)cc1Nc1ncc2c(n1)N(C1CCCC1)CC(F)(F)C(=O)N2C. The molecule has 360 valence electrons. The molecule has 6 aliphatic rings. The standard InChI is InChI=1S/C46H52ClF2N11O8/c1-55-34-24-50-45(54-39(34)59(27-6-3-4-7-27)25-46(48,49)44(55)67)52-31-23-30(47)29(22-35(31)68-2)40(63)51-26-12-16-58(17-13-26)37(62)14-15-56-18-20-57(21-19-56)32-9-5-8-28-38(32)43(66)60(42(28)65)33-10-11-36(61)53-41(33)64/h5,8-9,22-24,26-27,33H,3-4,6-7,10-21,25H2,1-2H3,(H,51,63)(H,50,52,54)(H,53,61,64). The number of likely N-dealkylation sites (tertiary alicyclic amines) is 1. The van der Waals surface area contributed by atoms with Gasteiger partial charge in [0.15, 0.2) is 5.82 Å². The highest BCUT2D eigenvalue weighted by molar-refractivity contribution is 6.34. The van der Waals surface area contributed by atoms with Crippen LogP contribution in [0.1, 0.15) is 88.9 Å². The largest absolute Gasteiger partial charge is 0.495 e. The molecule has 2 aromatic carbocycles. The summed E-state index contributed by atoms with van der Waals surface area (Å²) in [5.41, 5.74) is 1.76. The number of hydrogen-bond acceptors (Lipinski definition) is 14. The Bertz CT molecular complexity index is 2560. The Hall–Kier alpha value is -6.48. The molecule has 0 spiro atoms. The fourth-order valence-electron chi connectivity index (χ4n) is 10.1. The topological polar surface area (TPSA) is 210 Å². The Kier molecular flexibility index (Phi) is 13.0. The summed E-state index contributed by atoms with van der Waals surface area (Å²) in [5.74, 6) is -7.03. The zero-order valence-electron chi connectivity index (χ0n) is 37.7. The molecule has 0 radical (unpaired) electrons. The van der Waals surface area contributed by atoms with Crippen molar-refractivity contribution in [1.29, 1.82) is 0 Å². The summed E-state index contributed by atoms with van der Waals surface area (Å²) >= 11 is 6.69. The van der Waals surface area contributed by atoms with Crippen molar-refractivity contribution >= 4 is 81.8 Å². The third-order valence-electron chi connectivity index (χ3n) is 13.9. The Balaban J connectivity index is 0.757. The second-order valence-corrected chi connectivity index (χ2v) is 18.5. The third-order valence-corrected chi connectivity index (χ3v) is 14.2. The maximum absolute atomic E-state index is 15.1. The number of aromatic nitrogens is 2. The van der Waals surface area contributed by atoms with Gasteiger partial charge in [-0.3, -0.25) is 48.7 Å². The number of methoxy groups -OCH3 is 1. The van der Waals surface area contributed by atoms with E-state index in [9.17, 15) is 33.6 Å². The highest BCUT2D eigenvalue weighted by Gasteiger charge is 2.49. The van der Waals surface area contributed by atoms with Crippen LogP contribution < -0.4 is 35.4 Å². The molecular weight excluding hydrogens is 908 g/mol. The second kappa shape index (κ2) is 18.9. The van der Waals surface area contributed by atoms with Crippen molar-refractivity contribution in [2.45, 2.75) is 81.8 Å². The Morgan fingerprint density at radius 1 is 0.941 bits per heavy atom. The minimum atomic E-state index is -3.62. The van der Waals surface area contributed by atoms with Gasteiger partial charge in [-0.1, -0.05) is 30.5 Å². The molecule has 6 heterocycles. The highest BCUT2D eigenvalue weighted by atomic mass is 35.5. The monoisotopic (exact) mass is 959 g/mol. The molecule has 3 N–H and O–H groups in total. The number of piperazine rings is 1. The first kappa shape index (κ1) is 46.6. The van der Waals surface area contributed by atoms with Crippen LogP contribution in [-0.2, 0) is 19.2 Å². The van der Waals surface area contributed by atoms with E-state index in [0.29, 0.717) is 89.3 Å². The molecular formula is C46H52ClF2N11O8. The van der Waals surface area contributed by atoms with Crippen LogP contribution >= 0.6 is 11.6 Å². The molecule has 1 atom stereocenters. The summed E-state index contributed by atoms with van der Waals surface area (Å²) in [4.78, 5) is 109. The molecule has 7 amide bonds. The van der Waals surface area contributed by atoms with Crippen LogP contribution in [0.5, 0.6) is 5.75 Å². The quantitative estimate of drug-likeness (QED) is 0.235. The van der Waals surface area contributed by atoms with Crippen molar-refractivity contribution in [3.8, 4) is 5.75 Å². The molecule has 3 aromatic rings. The zero-order valence-corrected chi connectivity index (χ0v) is 38.5. The van der Waals surface area contributed by atoms with E-state index in [4.69, 9.17) is 16.3 Å². The van der Waals surface area contributed by atoms with E-state index < -0.39 is 54.0 Å². The number of nitrogens with zero attached hydrogens (tertiary/aromatic N) is 8. The van der Waals surface area contributed by atoms with E-state index in [1.807, 2.05) is 4.90 Å². The van der Waals surface area contributed by atoms with Gasteiger partial charge in [-0.15, -0.1) is 0 Å². The number of hydrogen-bond donors (Lipinski definition) is 3. The van der Waals surface area contributed by atoms with E-state index in [2.05, 4.69) is 30.8 Å². The number of anilines is 5.